The molecular formula is C107H146Cl2F3N15O21. The first kappa shape index (κ1) is 114. The number of carbonyl (C=O) groups excluding carboxylic acids is 18. The number of nitrogens with zero attached hydrogens (tertiary/aromatic N) is 3. The van der Waals surface area contributed by atoms with Gasteiger partial charge in [0.25, 0.3) is 17.7 Å². The van der Waals surface area contributed by atoms with Crippen LogP contribution in [0.15, 0.2) is 84.9 Å². The van der Waals surface area contributed by atoms with E-state index in [9.17, 15) is 99.5 Å². The van der Waals surface area contributed by atoms with Gasteiger partial charge in [-0.2, -0.15) is 13.2 Å². The van der Waals surface area contributed by atoms with Crippen molar-refractivity contribution in [3.8, 4) is 0 Å². The molecule has 8 saturated carbocycles. The largest absolute Gasteiger partial charge is 0.460 e. The van der Waals surface area contributed by atoms with E-state index in [0.29, 0.717) is 31.4 Å². The molecule has 15 rings (SSSR count). The molecule has 3 aromatic carbocycles. The lowest BCUT2D eigenvalue weighted by atomic mass is 9.80. The van der Waals surface area contributed by atoms with Crippen LogP contribution in [0.4, 0.5) is 27.6 Å². The number of halogens is 5. The number of primary amides is 3. The molecule has 12 aliphatic rings. The van der Waals surface area contributed by atoms with Crippen LogP contribution in [0.3, 0.4) is 0 Å². The molecule has 0 aromatic heterocycles. The van der Waals surface area contributed by atoms with Crippen LogP contribution in [0.5, 0.6) is 0 Å². The quantitative estimate of drug-likeness (QED) is 0.0110. The van der Waals surface area contributed by atoms with Gasteiger partial charge in [0.1, 0.15) is 77.5 Å². The number of alkyl halides is 5. The molecule has 3 heterocycles. The summed E-state index contributed by atoms with van der Waals surface area (Å²) >= 11 is 13.0. The van der Waals surface area contributed by atoms with E-state index in [0.717, 1.165) is 74.5 Å². The van der Waals surface area contributed by atoms with Gasteiger partial charge in [0.15, 0.2) is 0 Å². The molecule has 36 nitrogen and oxygen atoms in total. The molecule has 15 amide bonds. The minimum Gasteiger partial charge on any atom is -0.460 e. The zero-order valence-corrected chi connectivity index (χ0v) is 88.8. The number of nitrogens with one attached hydrogen (secondary N) is 9. The van der Waals surface area contributed by atoms with Crippen molar-refractivity contribution in [1.82, 2.24) is 62.6 Å². The van der Waals surface area contributed by atoms with E-state index in [-0.39, 0.29) is 109 Å². The lowest BCUT2D eigenvalue weighted by Crippen LogP contribution is -2.63. The van der Waals surface area contributed by atoms with E-state index < -0.39 is 242 Å². The number of likely N-dealkylation sites (tertiary alicyclic amines) is 3. The number of esters is 3. The Morgan fingerprint density at radius 2 is 0.784 bits per heavy atom. The van der Waals surface area contributed by atoms with Crippen molar-refractivity contribution in [1.29, 1.82) is 0 Å². The first-order valence-corrected chi connectivity index (χ1v) is 52.5. The van der Waals surface area contributed by atoms with E-state index in [1.54, 1.807) is 85.7 Å². The Kier molecular flexibility index (Phi) is 33.9. The van der Waals surface area contributed by atoms with Crippen LogP contribution in [0.2, 0.25) is 0 Å². The number of urea groups is 3. The maximum Gasteiger partial charge on any atom is 0.397 e. The zero-order valence-electron chi connectivity index (χ0n) is 87.3. The molecule has 3 aromatic rings. The number of hydrogen-bond acceptors (Lipinski definition) is 21. The number of hydrogen-bond donors (Lipinski definition) is 12. The Morgan fingerprint density at radius 3 is 1.12 bits per heavy atom. The highest BCUT2D eigenvalue weighted by atomic mass is 35.5. The summed E-state index contributed by atoms with van der Waals surface area (Å²) in [6.07, 6.45) is 3.80. The summed E-state index contributed by atoms with van der Waals surface area (Å²) in [5.41, 5.74) is 13.9. The lowest BCUT2D eigenvalue weighted by molar-refractivity contribution is -0.202. The van der Waals surface area contributed by atoms with Gasteiger partial charge in [-0.1, -0.05) is 248 Å². The third-order valence-electron chi connectivity index (χ3n) is 32.3. The van der Waals surface area contributed by atoms with Crippen LogP contribution in [0, 0.1) is 104 Å². The monoisotopic (exact) mass is 2100 g/mol. The topological polar surface area (TPSA) is 531 Å². The van der Waals surface area contributed by atoms with Gasteiger partial charge in [-0.15, -0.1) is 23.2 Å². The third kappa shape index (κ3) is 26.0. The van der Waals surface area contributed by atoms with E-state index in [2.05, 4.69) is 47.9 Å². The second-order valence-corrected chi connectivity index (χ2v) is 49.4. The van der Waals surface area contributed by atoms with Gasteiger partial charge < -0.3 is 94.0 Å². The molecule has 0 bridgehead atoms. The molecule has 4 unspecified atom stereocenters. The number of nitrogens with two attached hydrogens (primary N) is 3. The number of rotatable bonds is 39. The zero-order chi connectivity index (χ0) is 109. The van der Waals surface area contributed by atoms with Crippen LogP contribution >= 0.6 is 23.2 Å². The molecule has 9 aliphatic carbocycles. The van der Waals surface area contributed by atoms with Gasteiger partial charge in [0.05, 0.1) is 23.5 Å². The van der Waals surface area contributed by atoms with E-state index >= 15 is 0 Å². The second kappa shape index (κ2) is 44.2. The van der Waals surface area contributed by atoms with Crippen LogP contribution in [0.1, 0.15) is 236 Å². The number of piperidine rings is 3. The molecule has 3 aliphatic heterocycles. The number of fused-ring (bicyclic) bond motifs is 4. The summed E-state index contributed by atoms with van der Waals surface area (Å²) in [7, 11) is 0. The summed E-state index contributed by atoms with van der Waals surface area (Å²) in [4.78, 5) is 242. The molecule has 3 saturated heterocycles. The Hall–Kier alpha value is -11.5. The first-order chi connectivity index (χ1) is 69.0. The average molecular weight is 2110 g/mol. The first-order valence-electron chi connectivity index (χ1n) is 51.7. The SMILES string of the molecule is CC(C)(C)[C@H](NC(=O)N[C@H](C(=O)OCc1ccccc1)C1(C(F)(F)F)CC1)C(=O)N1C[C@H]2[C@@H]([C@H]1C(=O)NC(CC1CCC1)C(=O)C(N)=O)C2(C)C.CC(C)[C@H](NC(=O)N[C@H](C(=O)N1C[C@H]2[C@@H]([C@H]1C(=O)NC(CC1CC1)C(=O)C(N)=O)C2(C)C)C(C)(C)C)C(=O)OC(c1ccccc1)C1CC1.CC(C)[C@H](NC(=O)N[C@H](C(=O)N1C[C@H]2[C@@H]([C@H]1C(=O)NC(CC1CC1)C(=O)C(N)=O)C2(Cl)Cl)C(C)(C)C)C(=O)OC1Cc2ccccc2C1. The van der Waals surface area contributed by atoms with Crippen LogP contribution < -0.4 is 65.1 Å². The number of Topliss-reactive ketones (excluding diaryl/α,β-unsaturated/α-hetero) is 3. The normalized spacial score (nSPS) is 24.8. The number of amides is 15. The smallest absolute Gasteiger partial charge is 0.397 e. The summed E-state index contributed by atoms with van der Waals surface area (Å²) in [6.45, 7) is 31.1. The molecule has 11 fully saturated rings. The van der Waals surface area contributed by atoms with Crippen molar-refractivity contribution in [2.75, 3.05) is 19.6 Å². The number of ether oxygens (including phenoxy) is 3. The van der Waals surface area contributed by atoms with Crippen molar-refractivity contribution < 1.29 is 114 Å². The highest BCUT2D eigenvalue weighted by molar-refractivity contribution is 6.51. The van der Waals surface area contributed by atoms with E-state index in [1.807, 2.05) is 117 Å². The highest BCUT2D eigenvalue weighted by Crippen LogP contribution is 2.68. The fourth-order valence-corrected chi connectivity index (χ4v) is 23.0. The maximum atomic E-state index is 14.3. The highest BCUT2D eigenvalue weighted by Gasteiger charge is 2.76. The van der Waals surface area contributed by atoms with E-state index in [1.165, 1.54) is 14.7 Å². The fourth-order valence-electron chi connectivity index (χ4n) is 22.2. The van der Waals surface area contributed by atoms with Gasteiger partial charge in [0, 0.05) is 50.2 Å². The van der Waals surface area contributed by atoms with Gasteiger partial charge in [-0.25, -0.2) is 28.8 Å². The molecule has 0 radical (unpaired) electrons. The minimum atomic E-state index is -4.83. The van der Waals surface area contributed by atoms with Gasteiger partial charge in [-0.05, 0) is 148 Å². The summed E-state index contributed by atoms with van der Waals surface area (Å²) in [5, 5.41) is 23.8. The van der Waals surface area contributed by atoms with Gasteiger partial charge in [0.2, 0.25) is 52.8 Å². The van der Waals surface area contributed by atoms with Crippen LogP contribution in [0.25, 0.3) is 0 Å². The average Bonchev–Trinajstić information content (AvgIpc) is 1.53. The van der Waals surface area contributed by atoms with Crippen molar-refractivity contribution in [2.24, 2.45) is 121 Å². The molecule has 148 heavy (non-hydrogen) atoms. The fraction of sp³-hybridized carbons (Fsp3) is 0.664. The summed E-state index contributed by atoms with van der Waals surface area (Å²) in [5.74, 6) is -13.3. The van der Waals surface area contributed by atoms with Gasteiger partial charge in [-0.3, -0.25) is 57.5 Å². The van der Waals surface area contributed by atoms with Crippen molar-refractivity contribution >= 4 is 130 Å². The number of benzene rings is 3. The molecular weight excluding hydrogens is 1960 g/mol. The summed E-state index contributed by atoms with van der Waals surface area (Å²) in [6, 6.07) is 9.24. The Bertz CT molecular complexity index is 5550. The van der Waals surface area contributed by atoms with Crippen LogP contribution in [-0.4, -0.2) is 230 Å². The van der Waals surface area contributed by atoms with E-state index in [4.69, 9.17) is 54.6 Å². The van der Waals surface area contributed by atoms with Crippen LogP contribution in [-0.2, 0) is 106 Å². The Morgan fingerprint density at radius 1 is 0.432 bits per heavy atom. The number of ketones is 3. The lowest BCUT2D eigenvalue weighted by Gasteiger charge is -2.38. The molecule has 810 valence electrons. The molecule has 15 N–H and O–H groups in total. The van der Waals surface area contributed by atoms with Crippen molar-refractivity contribution in [3.05, 3.63) is 107 Å². The predicted molar refractivity (Wildman–Crippen MR) is 536 cm³/mol. The summed E-state index contributed by atoms with van der Waals surface area (Å²) < 4.78 is 58.6. The number of carbonyl (C=O) groups is 18. The Labute approximate surface area is 871 Å². The molecule has 41 heteroatoms. The van der Waals surface area contributed by atoms with Crippen molar-refractivity contribution in [3.63, 3.8) is 0 Å². The molecule has 0 spiro atoms. The minimum absolute atomic E-state index is 0.0479. The second-order valence-electron chi connectivity index (χ2n) is 48.0. The predicted octanol–water partition coefficient (Wildman–Crippen LogP) is 9.01. The van der Waals surface area contributed by atoms with Crippen molar-refractivity contribution in [2.45, 2.75) is 322 Å². The standard InChI is InChI=1S/C37H53N5O7.C36H48F3N5O7.C34H45Cl2N5O7/c1-19(2)26(34(47)49-29(22-15-16-22)21-11-9-8-10-12-21)40-35(48)41-30(36(3,4)5)33(46)42-18-23-25(37(23,6)7)27(42)32(45)39-24(17-20-13-14-20)28(43)31(38)44;1-33(2,3)26(42-32(50)43-27(35(14-15-35)36(37,38)39)31(49)51-18-20-10-7-6-8-11-20)30(48)44-17-21-23(34(21,4)5)24(44)29(47)41-22(25(45)28(40)46)16-19-12-9-13-19;1-16(2)24(31(46)48-20-13-18-8-6-7-9-19(18)14-20)39-32(47)40-27(33(3,4)5)30(45)41-15-21-23(34(21,35)36)25(41)29(44)38-22(12-17-10-11-17)26(42)28(37)43/h8-12,19-20,22-27,29-30H,13-18H2,1-7H3,(H2,38,44)(H,39,45)(H2,40,41,48);6-8,10-11,19,21-24,26-27H,9,12-18H2,1-5H3,(H2,40,46)(H,41,47)(H2,42,43,50);6-9,16-17,20-25,27H,10-15H2,1-5H3,(H2,37,43)(H,38,44)(H2,39,40,47)/t23-,24?,25-,26-,27-,29?,30+;21-,22?,23-,24-,26+,27+;21-,22?,23-,24-,25-,27+/m000/s1. The Balaban J connectivity index is 0.000000185. The van der Waals surface area contributed by atoms with Gasteiger partial charge >= 0.3 is 42.2 Å². The molecule has 19 atom stereocenters. The third-order valence-corrected chi connectivity index (χ3v) is 33.4. The maximum absolute atomic E-state index is 14.3.